The van der Waals surface area contributed by atoms with Crippen molar-refractivity contribution in [2.75, 3.05) is 5.32 Å². The maximum Gasteiger partial charge on any atom is 0.295 e. The number of para-hydroxylation sites is 1. The molecule has 0 radical (unpaired) electrons. The molecule has 1 aromatic heterocycles. The summed E-state index contributed by atoms with van der Waals surface area (Å²) < 4.78 is 15.4. The van der Waals surface area contributed by atoms with Crippen LogP contribution in [0.2, 0.25) is 15.1 Å². The third-order valence-corrected chi connectivity index (χ3v) is 5.14. The van der Waals surface area contributed by atoms with Gasteiger partial charge >= 0.3 is 0 Å². The number of hydrogen-bond donors (Lipinski definition) is 1. The molecule has 30 heavy (non-hydrogen) atoms. The monoisotopic (exact) mass is 460 g/mol. The molecule has 1 amide bonds. The van der Waals surface area contributed by atoms with Crippen LogP contribution in [0.4, 0.5) is 10.1 Å². The molecule has 5 nitrogen and oxygen atoms in total. The minimum Gasteiger partial charge on any atom is -0.317 e. The number of nitrogens with one attached hydrogen (secondary N) is 1. The molecule has 0 bridgehead atoms. The highest BCUT2D eigenvalue weighted by Crippen LogP contribution is 2.28. The third kappa shape index (κ3) is 4.16. The quantitative estimate of drug-likeness (QED) is 0.389. The first-order valence-electron chi connectivity index (χ1n) is 8.66. The van der Waals surface area contributed by atoms with E-state index in [1.54, 1.807) is 48.5 Å². The average molecular weight is 462 g/mol. The van der Waals surface area contributed by atoms with E-state index in [0.717, 1.165) is 0 Å². The highest BCUT2D eigenvalue weighted by Gasteiger charge is 2.20. The molecule has 0 spiro atoms. The lowest BCUT2D eigenvalue weighted by Crippen LogP contribution is -2.15. The molecule has 0 aliphatic carbocycles. The van der Waals surface area contributed by atoms with Crippen LogP contribution in [0, 0.1) is 5.82 Å². The summed E-state index contributed by atoms with van der Waals surface area (Å²) in [6, 6.07) is 17.7. The summed E-state index contributed by atoms with van der Waals surface area (Å²) in [5.74, 6) is -1.03. The van der Waals surface area contributed by atoms with Crippen LogP contribution in [0.5, 0.6) is 0 Å². The number of benzene rings is 3. The Morgan fingerprint density at radius 2 is 1.73 bits per heavy atom. The van der Waals surface area contributed by atoms with E-state index in [-0.39, 0.29) is 11.5 Å². The van der Waals surface area contributed by atoms with E-state index in [1.807, 2.05) is 0 Å². The molecule has 0 fully saturated rings. The molecule has 4 rings (SSSR count). The first kappa shape index (κ1) is 20.3. The van der Waals surface area contributed by atoms with Crippen LogP contribution < -0.4 is 5.32 Å². The SMILES string of the molecule is O=C(Nc1ccccc1F)c1nc(-c2cccc(Cl)c2)n(-c2ccc(Cl)c(Cl)c2)n1. The lowest BCUT2D eigenvalue weighted by molar-refractivity contribution is 0.101. The van der Waals surface area contributed by atoms with E-state index in [2.05, 4.69) is 15.4 Å². The molecule has 0 unspecified atom stereocenters. The number of aromatic nitrogens is 3. The van der Waals surface area contributed by atoms with Crippen LogP contribution in [-0.2, 0) is 0 Å². The molecule has 0 saturated heterocycles. The number of anilines is 1. The summed E-state index contributed by atoms with van der Waals surface area (Å²) in [7, 11) is 0. The number of carbonyl (C=O) groups is 1. The van der Waals surface area contributed by atoms with E-state index in [0.29, 0.717) is 32.1 Å². The number of amides is 1. The van der Waals surface area contributed by atoms with Gasteiger partial charge in [0.25, 0.3) is 5.91 Å². The van der Waals surface area contributed by atoms with Crippen molar-refractivity contribution in [3.63, 3.8) is 0 Å². The fourth-order valence-electron chi connectivity index (χ4n) is 2.76. The summed E-state index contributed by atoms with van der Waals surface area (Å²) in [5, 5.41) is 7.98. The van der Waals surface area contributed by atoms with Gasteiger partial charge in [0.15, 0.2) is 5.82 Å². The minimum absolute atomic E-state index is 0.0256. The van der Waals surface area contributed by atoms with Gasteiger partial charge in [-0.2, -0.15) is 0 Å². The van der Waals surface area contributed by atoms with Gasteiger partial charge < -0.3 is 5.32 Å². The zero-order valence-corrected chi connectivity index (χ0v) is 17.4. The molecule has 0 aliphatic rings. The first-order chi connectivity index (χ1) is 14.4. The van der Waals surface area contributed by atoms with Crippen molar-refractivity contribution < 1.29 is 9.18 Å². The van der Waals surface area contributed by atoms with Crippen LogP contribution in [0.3, 0.4) is 0 Å². The van der Waals surface area contributed by atoms with Crippen LogP contribution in [-0.4, -0.2) is 20.7 Å². The molecule has 4 aromatic rings. The Balaban J connectivity index is 1.80. The zero-order chi connectivity index (χ0) is 21.3. The molecular formula is C21H12Cl3FN4O. The Hall–Kier alpha value is -2.93. The predicted molar refractivity (Wildman–Crippen MR) is 116 cm³/mol. The molecule has 3 aromatic carbocycles. The van der Waals surface area contributed by atoms with Crippen molar-refractivity contribution in [1.82, 2.24) is 14.8 Å². The van der Waals surface area contributed by atoms with Crippen molar-refractivity contribution in [3.8, 4) is 17.1 Å². The minimum atomic E-state index is -0.665. The second-order valence-corrected chi connectivity index (χ2v) is 7.46. The fraction of sp³-hybridized carbons (Fsp3) is 0. The van der Waals surface area contributed by atoms with Gasteiger partial charge in [0, 0.05) is 10.6 Å². The summed E-state index contributed by atoms with van der Waals surface area (Å²) in [6.45, 7) is 0. The summed E-state index contributed by atoms with van der Waals surface area (Å²) in [5.41, 5.74) is 1.19. The predicted octanol–water partition coefficient (Wildman–Crippen LogP) is 6.29. The fourth-order valence-corrected chi connectivity index (χ4v) is 3.24. The van der Waals surface area contributed by atoms with E-state index < -0.39 is 11.7 Å². The summed E-state index contributed by atoms with van der Waals surface area (Å²) >= 11 is 18.3. The van der Waals surface area contributed by atoms with E-state index in [4.69, 9.17) is 34.8 Å². The van der Waals surface area contributed by atoms with Crippen LogP contribution >= 0.6 is 34.8 Å². The molecule has 9 heteroatoms. The van der Waals surface area contributed by atoms with Gasteiger partial charge in [0.1, 0.15) is 5.82 Å². The second kappa shape index (κ2) is 8.44. The van der Waals surface area contributed by atoms with Gasteiger partial charge in [-0.15, -0.1) is 5.10 Å². The molecule has 0 saturated carbocycles. The Morgan fingerprint density at radius 3 is 2.47 bits per heavy atom. The van der Waals surface area contributed by atoms with Crippen LogP contribution in [0.25, 0.3) is 17.1 Å². The van der Waals surface area contributed by atoms with Gasteiger partial charge in [0.05, 0.1) is 21.4 Å². The number of halogens is 4. The Kier molecular flexibility index (Phi) is 5.72. The normalized spacial score (nSPS) is 10.8. The lowest BCUT2D eigenvalue weighted by Gasteiger charge is -2.07. The Labute approximate surface area is 186 Å². The smallest absolute Gasteiger partial charge is 0.295 e. The van der Waals surface area contributed by atoms with Gasteiger partial charge in [-0.05, 0) is 42.5 Å². The Bertz CT molecular complexity index is 1260. The number of rotatable bonds is 4. The van der Waals surface area contributed by atoms with Gasteiger partial charge in [-0.1, -0.05) is 59.1 Å². The van der Waals surface area contributed by atoms with E-state index >= 15 is 0 Å². The molecule has 150 valence electrons. The van der Waals surface area contributed by atoms with Crippen molar-refractivity contribution in [1.29, 1.82) is 0 Å². The van der Waals surface area contributed by atoms with E-state index in [9.17, 15) is 9.18 Å². The molecule has 1 heterocycles. The third-order valence-electron chi connectivity index (χ3n) is 4.16. The number of hydrogen-bond acceptors (Lipinski definition) is 3. The van der Waals surface area contributed by atoms with Crippen LogP contribution in [0.15, 0.2) is 66.7 Å². The Morgan fingerprint density at radius 1 is 0.933 bits per heavy atom. The van der Waals surface area contributed by atoms with Crippen molar-refractivity contribution in [3.05, 3.63) is 93.4 Å². The lowest BCUT2D eigenvalue weighted by atomic mass is 10.2. The van der Waals surface area contributed by atoms with E-state index in [1.165, 1.54) is 22.9 Å². The maximum atomic E-state index is 13.9. The largest absolute Gasteiger partial charge is 0.317 e. The molecular weight excluding hydrogens is 450 g/mol. The number of nitrogens with zero attached hydrogens (tertiary/aromatic N) is 3. The number of carbonyl (C=O) groups excluding carboxylic acids is 1. The molecule has 1 N–H and O–H groups in total. The van der Waals surface area contributed by atoms with Crippen molar-refractivity contribution in [2.24, 2.45) is 0 Å². The summed E-state index contributed by atoms with van der Waals surface area (Å²) in [6.07, 6.45) is 0. The second-order valence-electron chi connectivity index (χ2n) is 6.21. The summed E-state index contributed by atoms with van der Waals surface area (Å²) in [4.78, 5) is 17.1. The molecule has 0 aliphatic heterocycles. The van der Waals surface area contributed by atoms with Crippen molar-refractivity contribution in [2.45, 2.75) is 0 Å². The topological polar surface area (TPSA) is 59.8 Å². The highest BCUT2D eigenvalue weighted by atomic mass is 35.5. The van der Waals surface area contributed by atoms with Gasteiger partial charge in [-0.3, -0.25) is 4.79 Å². The first-order valence-corrected chi connectivity index (χ1v) is 9.80. The molecule has 0 atom stereocenters. The zero-order valence-electron chi connectivity index (χ0n) is 15.1. The van der Waals surface area contributed by atoms with Crippen molar-refractivity contribution >= 4 is 46.4 Å². The average Bonchev–Trinajstić information content (AvgIpc) is 3.17. The maximum absolute atomic E-state index is 13.9. The standard InChI is InChI=1S/C21H12Cl3FN4O/c22-13-5-3-4-12(10-13)20-27-19(21(30)26-18-7-2-1-6-17(18)25)28-29(20)14-8-9-15(23)16(24)11-14/h1-11H,(H,26,30). The highest BCUT2D eigenvalue weighted by molar-refractivity contribution is 6.42. The van der Waals surface area contributed by atoms with Gasteiger partial charge in [-0.25, -0.2) is 14.1 Å². The van der Waals surface area contributed by atoms with Gasteiger partial charge in [0.2, 0.25) is 5.82 Å². The van der Waals surface area contributed by atoms with Crippen LogP contribution in [0.1, 0.15) is 10.6 Å².